The van der Waals surface area contributed by atoms with Gasteiger partial charge in [-0.2, -0.15) is 0 Å². The van der Waals surface area contributed by atoms with Crippen LogP contribution in [0, 0.1) is 0 Å². The summed E-state index contributed by atoms with van der Waals surface area (Å²) in [6.45, 7) is 3.27. The molecule has 2 aliphatic rings. The fourth-order valence-electron chi connectivity index (χ4n) is 9.74. The van der Waals surface area contributed by atoms with E-state index in [-0.39, 0.29) is 12.5 Å². The van der Waals surface area contributed by atoms with E-state index in [1.165, 1.54) is 44.5 Å². The van der Waals surface area contributed by atoms with Gasteiger partial charge < -0.3 is 19.7 Å². The summed E-state index contributed by atoms with van der Waals surface area (Å²) in [5.41, 5.74) is 12.8. The van der Waals surface area contributed by atoms with Gasteiger partial charge in [0.1, 0.15) is 29.3 Å². The fraction of sp³-hybridized carbons (Fsp3) is 0.179. The number of nitrogens with zero attached hydrogens (tertiary/aromatic N) is 2. The highest BCUT2D eigenvalue weighted by Gasteiger charge is 2.31. The zero-order valence-corrected chi connectivity index (χ0v) is 41.8. The summed E-state index contributed by atoms with van der Waals surface area (Å²) in [5, 5.41) is 19.7. The lowest BCUT2D eigenvalue weighted by atomic mass is 9.99. The van der Waals surface area contributed by atoms with Crippen molar-refractivity contribution in [2.24, 2.45) is 0 Å². The summed E-state index contributed by atoms with van der Waals surface area (Å²) in [6, 6.07) is 79.8. The number of fused-ring (bicyclic) bond motifs is 2. The lowest BCUT2D eigenvalue weighted by Gasteiger charge is -2.38. The predicted molar refractivity (Wildman–Crippen MR) is 296 cm³/mol. The smallest absolute Gasteiger partial charge is 0.179 e. The molecule has 0 fully saturated rings. The van der Waals surface area contributed by atoms with Crippen LogP contribution in [0.15, 0.2) is 237 Å². The monoisotopic (exact) mass is 976 g/mol. The molecule has 372 valence electrons. The van der Waals surface area contributed by atoms with Crippen LogP contribution < -0.4 is 9.47 Å². The molecular formula is C67H64N2O5. The lowest BCUT2D eigenvalue weighted by Crippen LogP contribution is -2.36. The van der Waals surface area contributed by atoms with Crippen LogP contribution in [0.3, 0.4) is 0 Å². The molecule has 9 aromatic rings. The third kappa shape index (κ3) is 14.0. The molecule has 0 bridgehead atoms. The molecule has 2 atom stereocenters. The van der Waals surface area contributed by atoms with Crippen LogP contribution in [0.2, 0.25) is 0 Å². The molecule has 2 N–H and O–H groups in total. The Morgan fingerprint density at radius 3 is 1.22 bits per heavy atom. The highest BCUT2D eigenvalue weighted by Crippen LogP contribution is 2.38. The number of phenolic OH excluding ortho intramolecular Hbond substituents is 2. The van der Waals surface area contributed by atoms with E-state index in [1.54, 1.807) is 24.3 Å². The quantitative estimate of drug-likeness (QED) is 0.0990. The van der Waals surface area contributed by atoms with Crippen LogP contribution in [0.25, 0.3) is 0 Å². The van der Waals surface area contributed by atoms with Crippen molar-refractivity contribution < 1.29 is 24.5 Å². The highest BCUT2D eigenvalue weighted by atomic mass is 16.5. The van der Waals surface area contributed by atoms with E-state index in [4.69, 9.17) is 9.47 Å². The Morgan fingerprint density at radius 1 is 0.405 bits per heavy atom. The Hall–Kier alpha value is -8.23. The molecule has 0 aromatic heterocycles. The second-order valence-electron chi connectivity index (χ2n) is 18.9. The molecule has 0 aliphatic carbocycles. The van der Waals surface area contributed by atoms with Gasteiger partial charge in [-0.25, -0.2) is 0 Å². The molecule has 0 spiro atoms. The fourth-order valence-corrected chi connectivity index (χ4v) is 9.74. The number of carbonyl (C=O) groups excluding carboxylic acids is 1. The maximum Gasteiger partial charge on any atom is 0.179 e. The molecule has 7 nitrogen and oxygen atoms in total. The van der Waals surface area contributed by atoms with Gasteiger partial charge in [0.25, 0.3) is 0 Å². The summed E-state index contributed by atoms with van der Waals surface area (Å²) < 4.78 is 13.1. The molecule has 11 rings (SSSR count). The number of para-hydroxylation sites is 4. The van der Waals surface area contributed by atoms with Crippen molar-refractivity contribution in [1.29, 1.82) is 0 Å². The first-order valence-electron chi connectivity index (χ1n) is 25.7. The maximum atomic E-state index is 10.0. The molecule has 2 heterocycles. The molecule has 2 aliphatic heterocycles. The van der Waals surface area contributed by atoms with Gasteiger partial charge in [-0.3, -0.25) is 14.6 Å². The zero-order valence-electron chi connectivity index (χ0n) is 41.8. The van der Waals surface area contributed by atoms with Gasteiger partial charge in [0.15, 0.2) is 12.5 Å². The molecule has 9 aromatic carbocycles. The largest absolute Gasteiger partial charge is 0.508 e. The van der Waals surface area contributed by atoms with Crippen molar-refractivity contribution in [2.75, 3.05) is 0 Å². The normalized spacial score (nSPS) is 14.8. The summed E-state index contributed by atoms with van der Waals surface area (Å²) in [7, 11) is 0. The number of aryl methyl sites for hydroxylation is 4. The Bertz CT molecular complexity index is 2980. The number of aromatic hydroxyl groups is 2. The van der Waals surface area contributed by atoms with Crippen molar-refractivity contribution in [2.45, 2.75) is 77.2 Å². The molecule has 0 saturated heterocycles. The number of carbonyl (C=O) groups is 1. The minimum atomic E-state index is -0.130. The van der Waals surface area contributed by atoms with Gasteiger partial charge >= 0.3 is 0 Å². The van der Waals surface area contributed by atoms with Crippen LogP contribution in [0.1, 0.15) is 91.3 Å². The Balaban J connectivity index is 0.000000169. The molecule has 2 unspecified atom stereocenters. The molecule has 7 heteroatoms. The minimum absolute atomic E-state index is 0.130. The minimum Gasteiger partial charge on any atom is -0.508 e. The first-order valence-corrected chi connectivity index (χ1v) is 25.7. The number of aldehydes is 1. The van der Waals surface area contributed by atoms with Crippen LogP contribution >= 0.6 is 0 Å². The summed E-state index contributed by atoms with van der Waals surface area (Å²) in [6.07, 6.45) is 6.44. The number of ether oxygens (including phenoxy) is 2. The average Bonchev–Trinajstić information content (AvgIpc) is 3.45. The van der Waals surface area contributed by atoms with Crippen molar-refractivity contribution in [1.82, 2.24) is 9.80 Å². The summed E-state index contributed by atoms with van der Waals surface area (Å²) in [5.74, 6) is 2.73. The molecular weight excluding hydrogens is 913 g/mol. The van der Waals surface area contributed by atoms with E-state index in [0.29, 0.717) is 11.5 Å². The Labute approximate surface area is 436 Å². The van der Waals surface area contributed by atoms with Crippen LogP contribution in [-0.2, 0) is 51.9 Å². The number of benzene rings is 9. The van der Waals surface area contributed by atoms with Crippen LogP contribution in [-0.4, -0.2) is 26.3 Å². The second kappa shape index (κ2) is 25.9. The lowest BCUT2D eigenvalue weighted by molar-refractivity contribution is -0.0101. The number of phenols is 2. The zero-order chi connectivity index (χ0) is 50.7. The van der Waals surface area contributed by atoms with Gasteiger partial charge in [-0.15, -0.1) is 0 Å². The molecule has 0 amide bonds. The van der Waals surface area contributed by atoms with Crippen LogP contribution in [0.4, 0.5) is 0 Å². The van der Waals surface area contributed by atoms with Crippen LogP contribution in [0.5, 0.6) is 23.0 Å². The Kier molecular flexibility index (Phi) is 17.8. The van der Waals surface area contributed by atoms with Crippen molar-refractivity contribution in [3.63, 3.8) is 0 Å². The van der Waals surface area contributed by atoms with Gasteiger partial charge in [-0.1, -0.05) is 212 Å². The first-order chi connectivity index (χ1) is 36.5. The van der Waals surface area contributed by atoms with E-state index in [1.807, 2.05) is 66.7 Å². The maximum absolute atomic E-state index is 10.0. The predicted octanol–water partition coefficient (Wildman–Crippen LogP) is 14.8. The van der Waals surface area contributed by atoms with E-state index in [9.17, 15) is 15.0 Å². The number of hydrogen-bond donors (Lipinski definition) is 2. The molecule has 0 saturated carbocycles. The van der Waals surface area contributed by atoms with Gasteiger partial charge in [0.05, 0.1) is 0 Å². The van der Waals surface area contributed by atoms with E-state index in [0.717, 1.165) is 99.2 Å². The van der Waals surface area contributed by atoms with Gasteiger partial charge in [-0.05, 0) is 96.2 Å². The first kappa shape index (κ1) is 50.7. The van der Waals surface area contributed by atoms with Crippen molar-refractivity contribution >= 4 is 6.29 Å². The standard InChI is InChI=1S/C36H32N2O2.C24H26O2.C7H6O/c1-3-14-29(15-4-1)35-37(25-31-18-7-9-20-33(31)39-35)23-27-12-11-13-28(22-27)24-38-26-32-19-8-10-21-34(32)40-36(38)30-16-5-2-6-17-30;25-23-16-3-1-12-21(23)14-6-10-19-8-5-9-20(18-19)11-7-15-22-13-2-4-17-24(22)26;8-6-7-4-2-1-3-5-7/h1-22,35-36H,23-26H2;1-5,8-9,12-13,16-18,25-26H,6-7,10-11,14-15H2;1-6H. The van der Waals surface area contributed by atoms with Gasteiger partial charge in [0, 0.05) is 54.0 Å². The van der Waals surface area contributed by atoms with Crippen molar-refractivity contribution in [3.05, 3.63) is 298 Å². The third-order valence-corrected chi connectivity index (χ3v) is 13.5. The molecule has 74 heavy (non-hydrogen) atoms. The van der Waals surface area contributed by atoms with E-state index in [2.05, 4.69) is 155 Å². The second-order valence-corrected chi connectivity index (χ2v) is 18.9. The summed E-state index contributed by atoms with van der Waals surface area (Å²) >= 11 is 0. The van der Waals surface area contributed by atoms with Crippen molar-refractivity contribution in [3.8, 4) is 23.0 Å². The Morgan fingerprint density at radius 2 is 0.784 bits per heavy atom. The third-order valence-electron chi connectivity index (χ3n) is 13.5. The van der Waals surface area contributed by atoms with Gasteiger partial charge in [0.2, 0.25) is 0 Å². The SMILES string of the molecule is O=Cc1ccccc1.Oc1ccccc1CCCc1cccc(CCCc2ccccc2O)c1.c1ccc(C2Oc3ccccc3CN2Cc2cccc(CN3Cc4ccccc4OC3c3ccccc3)c2)cc1. The number of hydrogen-bond acceptors (Lipinski definition) is 7. The van der Waals surface area contributed by atoms with E-state index < -0.39 is 0 Å². The van der Waals surface area contributed by atoms with E-state index >= 15 is 0 Å². The molecule has 0 radical (unpaired) electrons. The topological polar surface area (TPSA) is 82.5 Å². The summed E-state index contributed by atoms with van der Waals surface area (Å²) in [4.78, 5) is 14.8. The number of rotatable bonds is 15. The highest BCUT2D eigenvalue weighted by molar-refractivity contribution is 5.74. The average molecular weight is 977 g/mol.